The Hall–Kier alpha value is -2.68. The van der Waals surface area contributed by atoms with Crippen LogP contribution in [0.4, 0.5) is 22.4 Å². The molecule has 1 saturated heterocycles. The molecule has 5 nitrogen and oxygen atoms in total. The molecule has 3 heterocycles. The number of hydrogen-bond donors (Lipinski definition) is 1. The number of halogens is 4. The first-order valence-corrected chi connectivity index (χ1v) is 10.9. The van der Waals surface area contributed by atoms with Crippen molar-refractivity contribution in [3.8, 4) is 0 Å². The molecule has 3 aliphatic rings. The van der Waals surface area contributed by atoms with E-state index in [0.29, 0.717) is 37.3 Å². The Morgan fingerprint density at radius 1 is 1.06 bits per heavy atom. The first-order valence-electron chi connectivity index (χ1n) is 10.9. The number of rotatable bonds is 2. The van der Waals surface area contributed by atoms with E-state index in [9.17, 15) is 22.4 Å². The normalized spacial score (nSPS) is 22.8. The van der Waals surface area contributed by atoms with Gasteiger partial charge >= 0.3 is 12.2 Å². The van der Waals surface area contributed by atoms with Crippen molar-refractivity contribution in [3.63, 3.8) is 0 Å². The van der Waals surface area contributed by atoms with Gasteiger partial charge in [0, 0.05) is 56.6 Å². The average Bonchev–Trinajstić information content (AvgIpc) is 3.39. The van der Waals surface area contributed by atoms with Crippen molar-refractivity contribution in [1.29, 1.82) is 0 Å². The molecule has 1 fully saturated rings. The number of nitrogens with zero attached hydrogens (tertiary/aromatic N) is 3. The molecule has 2 aliphatic heterocycles. The maximum Gasteiger partial charge on any atom is 0.417 e. The lowest BCUT2D eigenvalue weighted by Crippen LogP contribution is -2.45. The summed E-state index contributed by atoms with van der Waals surface area (Å²) in [7, 11) is 0. The molecule has 2 unspecified atom stereocenters. The first-order chi connectivity index (χ1) is 15.3. The van der Waals surface area contributed by atoms with Crippen LogP contribution in [0.25, 0.3) is 0 Å². The zero-order valence-corrected chi connectivity index (χ0v) is 17.5. The minimum absolute atomic E-state index is 0.135. The number of pyridine rings is 1. The zero-order valence-electron chi connectivity index (χ0n) is 17.5. The van der Waals surface area contributed by atoms with Gasteiger partial charge in [-0.3, -0.25) is 4.98 Å². The molecule has 1 N–H and O–H groups in total. The number of likely N-dealkylation sites (tertiary alicyclic amines) is 1. The van der Waals surface area contributed by atoms with Gasteiger partial charge in [0.2, 0.25) is 0 Å². The van der Waals surface area contributed by atoms with Gasteiger partial charge in [0.15, 0.2) is 0 Å². The molecular weight excluding hydrogens is 424 g/mol. The van der Waals surface area contributed by atoms with Gasteiger partial charge in [-0.05, 0) is 54.2 Å². The van der Waals surface area contributed by atoms with Crippen molar-refractivity contribution >= 4 is 6.03 Å². The minimum Gasteiger partial charge on any atom is -0.323 e. The summed E-state index contributed by atoms with van der Waals surface area (Å²) in [6, 6.07) is 6.16. The van der Waals surface area contributed by atoms with Gasteiger partial charge < -0.3 is 15.1 Å². The smallest absolute Gasteiger partial charge is 0.323 e. The van der Waals surface area contributed by atoms with E-state index in [-0.39, 0.29) is 30.5 Å². The highest BCUT2D eigenvalue weighted by molar-refractivity contribution is 5.75. The van der Waals surface area contributed by atoms with Gasteiger partial charge in [-0.15, -0.1) is 0 Å². The van der Waals surface area contributed by atoms with E-state index < -0.39 is 11.7 Å². The molecular formula is C23H24F4N4O. The summed E-state index contributed by atoms with van der Waals surface area (Å²) in [6.45, 7) is 1.74. The lowest BCUT2D eigenvalue weighted by molar-refractivity contribution is -0.137. The molecule has 170 valence electrons. The predicted molar refractivity (Wildman–Crippen MR) is 109 cm³/mol. The summed E-state index contributed by atoms with van der Waals surface area (Å²) < 4.78 is 52.5. The molecule has 2 aromatic rings. The van der Waals surface area contributed by atoms with Gasteiger partial charge in [0.05, 0.1) is 5.56 Å². The second kappa shape index (κ2) is 8.03. The Morgan fingerprint density at radius 2 is 1.91 bits per heavy atom. The molecule has 0 spiro atoms. The summed E-state index contributed by atoms with van der Waals surface area (Å²) >= 11 is 0. The maximum absolute atomic E-state index is 13.5. The quantitative estimate of drug-likeness (QED) is 0.705. The minimum atomic E-state index is -4.45. The Morgan fingerprint density at radius 3 is 2.72 bits per heavy atom. The number of benzene rings is 1. The number of aryl methyl sites for hydroxylation is 1. The van der Waals surface area contributed by atoms with Crippen molar-refractivity contribution in [2.45, 2.75) is 50.5 Å². The van der Waals surface area contributed by atoms with Crippen LogP contribution in [0.3, 0.4) is 0 Å². The van der Waals surface area contributed by atoms with E-state index in [1.165, 1.54) is 6.07 Å². The molecule has 2 amide bonds. The van der Waals surface area contributed by atoms with Gasteiger partial charge in [-0.2, -0.15) is 13.2 Å². The van der Waals surface area contributed by atoms with Crippen LogP contribution in [0.2, 0.25) is 0 Å². The van der Waals surface area contributed by atoms with Gasteiger partial charge in [0.1, 0.15) is 5.82 Å². The third-order valence-electron chi connectivity index (χ3n) is 6.72. The number of nitrogens with one attached hydrogen (secondary N) is 1. The van der Waals surface area contributed by atoms with Crippen LogP contribution >= 0.6 is 0 Å². The summed E-state index contributed by atoms with van der Waals surface area (Å²) in [5, 5.41) is 3.61. The topological polar surface area (TPSA) is 48.5 Å². The summed E-state index contributed by atoms with van der Waals surface area (Å²) in [6.07, 6.45) is -0.593. The van der Waals surface area contributed by atoms with Gasteiger partial charge in [-0.25, -0.2) is 9.18 Å². The Kier molecular flexibility index (Phi) is 5.31. The number of alkyl halides is 3. The summed E-state index contributed by atoms with van der Waals surface area (Å²) in [4.78, 5) is 20.4. The van der Waals surface area contributed by atoms with Crippen molar-refractivity contribution in [2.75, 3.05) is 19.6 Å². The highest BCUT2D eigenvalue weighted by atomic mass is 19.4. The molecule has 1 aromatic heterocycles. The highest BCUT2D eigenvalue weighted by Crippen LogP contribution is 2.33. The molecule has 5 rings (SSSR count). The molecule has 1 aliphatic carbocycles. The molecule has 32 heavy (non-hydrogen) atoms. The third-order valence-corrected chi connectivity index (χ3v) is 6.72. The number of urea groups is 1. The monoisotopic (exact) mass is 448 g/mol. The highest BCUT2D eigenvalue weighted by Gasteiger charge is 2.35. The van der Waals surface area contributed by atoms with Crippen LogP contribution in [0.1, 0.15) is 46.8 Å². The van der Waals surface area contributed by atoms with Crippen LogP contribution < -0.4 is 5.32 Å². The van der Waals surface area contributed by atoms with Crippen molar-refractivity contribution < 1.29 is 22.4 Å². The van der Waals surface area contributed by atoms with E-state index >= 15 is 0 Å². The lowest BCUT2D eigenvalue weighted by Gasteiger charge is -2.32. The van der Waals surface area contributed by atoms with E-state index in [1.54, 1.807) is 15.9 Å². The summed E-state index contributed by atoms with van der Waals surface area (Å²) in [5.74, 6) is -0.220. The van der Waals surface area contributed by atoms with Crippen LogP contribution in [0.15, 0.2) is 30.5 Å². The first kappa shape index (κ1) is 21.2. The lowest BCUT2D eigenvalue weighted by atomic mass is 10.0. The second-order valence-corrected chi connectivity index (χ2v) is 8.81. The fourth-order valence-electron chi connectivity index (χ4n) is 5.06. The largest absolute Gasteiger partial charge is 0.417 e. The Bertz CT molecular complexity index is 1040. The number of hydrogen-bond acceptors (Lipinski definition) is 3. The van der Waals surface area contributed by atoms with Crippen LogP contribution in [-0.4, -0.2) is 46.5 Å². The van der Waals surface area contributed by atoms with Gasteiger partial charge in [0.25, 0.3) is 0 Å². The van der Waals surface area contributed by atoms with E-state index in [4.69, 9.17) is 0 Å². The number of aromatic nitrogens is 1. The van der Waals surface area contributed by atoms with E-state index in [1.807, 2.05) is 6.07 Å². The molecule has 1 aromatic carbocycles. The van der Waals surface area contributed by atoms with Crippen LogP contribution in [-0.2, 0) is 25.6 Å². The predicted octanol–water partition coefficient (Wildman–Crippen LogP) is 4.07. The van der Waals surface area contributed by atoms with E-state index in [2.05, 4.69) is 10.3 Å². The Labute approximate surface area is 183 Å². The Balaban J connectivity index is 1.21. The average molecular weight is 448 g/mol. The molecule has 0 saturated carbocycles. The fourth-order valence-corrected chi connectivity index (χ4v) is 5.06. The van der Waals surface area contributed by atoms with Gasteiger partial charge in [-0.1, -0.05) is 6.07 Å². The number of fused-ring (bicyclic) bond motifs is 2. The second-order valence-electron chi connectivity index (χ2n) is 8.81. The van der Waals surface area contributed by atoms with E-state index in [0.717, 1.165) is 42.7 Å². The van der Waals surface area contributed by atoms with Crippen molar-refractivity contribution in [1.82, 2.24) is 20.1 Å². The van der Waals surface area contributed by atoms with Crippen molar-refractivity contribution in [3.05, 3.63) is 64.2 Å². The standard InChI is InChI=1S/C23H24F4N4O/c24-17-2-3-19-14(10-17)1-4-21(19)29-18-5-7-31(13-18)22(32)30-8-6-20-15(12-30)9-16(11-28-20)23(25,26)27/h2-3,9-11,18,21,29H,1,4-8,12-13H2. The zero-order chi connectivity index (χ0) is 22.5. The SMILES string of the molecule is O=C(N1CCc2ncc(C(F)(F)F)cc2C1)N1CCC(NC2CCc3cc(F)ccc32)C1. The number of amides is 2. The van der Waals surface area contributed by atoms with Crippen molar-refractivity contribution in [2.24, 2.45) is 0 Å². The summed E-state index contributed by atoms with van der Waals surface area (Å²) in [5.41, 5.74) is 2.46. The van der Waals surface area contributed by atoms with Crippen LogP contribution in [0, 0.1) is 5.82 Å². The number of carbonyl (C=O) groups excluding carboxylic acids is 1. The molecule has 9 heteroatoms. The third kappa shape index (κ3) is 4.05. The maximum atomic E-state index is 13.5. The molecule has 2 atom stereocenters. The molecule has 0 bridgehead atoms. The molecule has 0 radical (unpaired) electrons. The number of carbonyl (C=O) groups is 1. The fraction of sp³-hybridized carbons (Fsp3) is 0.478. The van der Waals surface area contributed by atoms with Crippen LogP contribution in [0.5, 0.6) is 0 Å².